The van der Waals surface area contributed by atoms with Gasteiger partial charge in [0.25, 0.3) is 11.6 Å². The second-order valence-electron chi connectivity index (χ2n) is 8.34. The van der Waals surface area contributed by atoms with Crippen LogP contribution in [0.2, 0.25) is 0 Å². The molecule has 0 saturated heterocycles. The fourth-order valence-corrected chi connectivity index (χ4v) is 4.58. The lowest BCUT2D eigenvalue weighted by Gasteiger charge is -2.43. The topological polar surface area (TPSA) is 96.2 Å². The van der Waals surface area contributed by atoms with Gasteiger partial charge in [-0.2, -0.15) is 0 Å². The number of nitro benzene ring substituents is 1. The highest BCUT2D eigenvalue weighted by atomic mass is 16.6. The van der Waals surface area contributed by atoms with Crippen LogP contribution in [0.5, 0.6) is 5.75 Å². The predicted octanol–water partition coefficient (Wildman–Crippen LogP) is 3.32. The second-order valence-corrected chi connectivity index (χ2v) is 8.34. The molecule has 2 heterocycles. The van der Waals surface area contributed by atoms with Crippen molar-refractivity contribution < 1.29 is 19.6 Å². The number of nitro groups is 1. The van der Waals surface area contributed by atoms with Gasteiger partial charge in [-0.3, -0.25) is 14.9 Å². The van der Waals surface area contributed by atoms with Crippen LogP contribution < -0.4 is 4.74 Å². The molecule has 8 nitrogen and oxygen atoms in total. The fourth-order valence-electron chi connectivity index (χ4n) is 4.58. The standard InChI is InChI=1S/C23H25N3O5/c1-14-17(26(29)30)9-10-18-19(14)20(21(23(2,3)31-18)24(4)11-12-27)25-13-15-7-5-6-8-16(15)22(25)28/h5-10,27H,11-13H2,1-4H3. The normalized spacial score (nSPS) is 16.7. The average molecular weight is 423 g/mol. The van der Waals surface area contributed by atoms with Crippen LogP contribution in [-0.2, 0) is 6.54 Å². The van der Waals surface area contributed by atoms with Crippen molar-refractivity contribution in [1.82, 2.24) is 9.80 Å². The van der Waals surface area contributed by atoms with Crippen LogP contribution in [0.1, 0.15) is 40.9 Å². The molecule has 162 valence electrons. The molecule has 0 bridgehead atoms. The molecule has 0 unspecified atom stereocenters. The van der Waals surface area contributed by atoms with E-state index in [2.05, 4.69) is 0 Å². The molecule has 8 heteroatoms. The molecule has 1 amide bonds. The van der Waals surface area contributed by atoms with Crippen molar-refractivity contribution in [2.75, 3.05) is 20.2 Å². The number of rotatable bonds is 5. The maximum Gasteiger partial charge on any atom is 0.273 e. The lowest BCUT2D eigenvalue weighted by Crippen LogP contribution is -2.45. The Labute approximate surface area is 180 Å². The van der Waals surface area contributed by atoms with Crippen LogP contribution in [0.3, 0.4) is 0 Å². The van der Waals surface area contributed by atoms with E-state index in [0.717, 1.165) is 5.56 Å². The van der Waals surface area contributed by atoms with E-state index in [0.29, 0.717) is 46.9 Å². The quantitative estimate of drug-likeness (QED) is 0.585. The maximum absolute atomic E-state index is 13.4. The fraction of sp³-hybridized carbons (Fsp3) is 0.348. The highest BCUT2D eigenvalue weighted by molar-refractivity contribution is 6.04. The van der Waals surface area contributed by atoms with Crippen LogP contribution in [-0.4, -0.2) is 51.5 Å². The molecule has 0 aliphatic carbocycles. The molecule has 0 saturated carbocycles. The molecule has 0 radical (unpaired) electrons. The summed E-state index contributed by atoms with van der Waals surface area (Å²) in [6.07, 6.45) is 0. The predicted molar refractivity (Wildman–Crippen MR) is 115 cm³/mol. The van der Waals surface area contributed by atoms with E-state index in [1.165, 1.54) is 6.07 Å². The summed E-state index contributed by atoms with van der Waals surface area (Å²) in [7, 11) is 1.82. The third-order valence-electron chi connectivity index (χ3n) is 5.90. The molecule has 0 fully saturated rings. The van der Waals surface area contributed by atoms with Gasteiger partial charge >= 0.3 is 0 Å². The number of hydrogen-bond acceptors (Lipinski definition) is 6. The first-order chi connectivity index (χ1) is 14.7. The van der Waals surface area contributed by atoms with Crippen molar-refractivity contribution in [2.45, 2.75) is 32.9 Å². The molecule has 0 aromatic heterocycles. The van der Waals surface area contributed by atoms with Gasteiger partial charge in [-0.1, -0.05) is 18.2 Å². The number of hydrogen-bond donors (Lipinski definition) is 1. The van der Waals surface area contributed by atoms with E-state index in [9.17, 15) is 20.0 Å². The largest absolute Gasteiger partial charge is 0.481 e. The summed E-state index contributed by atoms with van der Waals surface area (Å²) in [6, 6.07) is 10.5. The van der Waals surface area contributed by atoms with E-state index in [1.54, 1.807) is 24.0 Å². The molecule has 2 aromatic rings. The van der Waals surface area contributed by atoms with Crippen molar-refractivity contribution in [2.24, 2.45) is 0 Å². The van der Waals surface area contributed by atoms with E-state index in [4.69, 9.17) is 4.74 Å². The minimum Gasteiger partial charge on any atom is -0.481 e. The van der Waals surface area contributed by atoms with Gasteiger partial charge in [-0.05, 0) is 38.5 Å². The Hall–Kier alpha value is -3.39. The van der Waals surface area contributed by atoms with Crippen molar-refractivity contribution >= 4 is 17.3 Å². The van der Waals surface area contributed by atoms with Crippen LogP contribution >= 0.6 is 0 Å². The van der Waals surface area contributed by atoms with Crippen LogP contribution in [0.4, 0.5) is 5.69 Å². The van der Waals surface area contributed by atoms with Crippen LogP contribution in [0.25, 0.3) is 5.70 Å². The van der Waals surface area contributed by atoms with E-state index < -0.39 is 10.5 Å². The second kappa shape index (κ2) is 7.39. The zero-order valence-electron chi connectivity index (χ0n) is 18.0. The van der Waals surface area contributed by atoms with Gasteiger partial charge in [-0.15, -0.1) is 0 Å². The molecular formula is C23H25N3O5. The number of fused-ring (bicyclic) bond motifs is 2. The SMILES string of the molecule is Cc1c([N+](=O)[O-])ccc2c1C(N1Cc3ccccc3C1=O)=C(N(C)CCO)C(C)(C)O2. The Morgan fingerprint density at radius 2 is 1.97 bits per heavy atom. The van der Waals surface area contributed by atoms with Crippen LogP contribution in [0, 0.1) is 17.0 Å². The number of benzene rings is 2. The van der Waals surface area contributed by atoms with Gasteiger partial charge < -0.3 is 19.6 Å². The lowest BCUT2D eigenvalue weighted by atomic mass is 9.90. The van der Waals surface area contributed by atoms with Crippen molar-refractivity contribution in [3.63, 3.8) is 0 Å². The number of likely N-dealkylation sites (N-methyl/N-ethyl adjacent to an activating group) is 1. The molecule has 4 rings (SSSR count). The summed E-state index contributed by atoms with van der Waals surface area (Å²) in [5, 5.41) is 21.2. The van der Waals surface area contributed by atoms with Gasteiger partial charge in [0, 0.05) is 30.8 Å². The van der Waals surface area contributed by atoms with Gasteiger partial charge in [0.1, 0.15) is 11.4 Å². The smallest absolute Gasteiger partial charge is 0.273 e. The summed E-state index contributed by atoms with van der Waals surface area (Å²) in [6.45, 7) is 6.06. The first kappa shape index (κ1) is 20.9. The first-order valence-electron chi connectivity index (χ1n) is 10.1. The minimum absolute atomic E-state index is 0.0344. The number of aliphatic hydroxyl groups is 1. The Bertz CT molecular complexity index is 1120. The zero-order valence-corrected chi connectivity index (χ0v) is 18.0. The maximum atomic E-state index is 13.4. The van der Waals surface area contributed by atoms with Crippen LogP contribution in [0.15, 0.2) is 42.1 Å². The summed E-state index contributed by atoms with van der Waals surface area (Å²) in [4.78, 5) is 28.2. The Balaban J connectivity index is 2.02. The van der Waals surface area contributed by atoms with Gasteiger partial charge in [-0.25, -0.2) is 0 Å². The first-order valence-corrected chi connectivity index (χ1v) is 10.1. The Kier molecular flexibility index (Phi) is 4.97. The van der Waals surface area contributed by atoms with Crippen molar-refractivity contribution in [3.05, 3.63) is 74.5 Å². The van der Waals surface area contributed by atoms with Gasteiger partial charge in [0.15, 0.2) is 0 Å². The summed E-state index contributed by atoms with van der Waals surface area (Å²) in [5.74, 6) is 0.336. The third kappa shape index (κ3) is 3.23. The summed E-state index contributed by atoms with van der Waals surface area (Å²) >= 11 is 0. The molecule has 2 aliphatic rings. The van der Waals surface area contributed by atoms with Crippen molar-refractivity contribution in [3.8, 4) is 5.75 Å². The van der Waals surface area contributed by atoms with E-state index >= 15 is 0 Å². The monoisotopic (exact) mass is 423 g/mol. The molecule has 2 aromatic carbocycles. The number of ether oxygens (including phenoxy) is 1. The molecule has 31 heavy (non-hydrogen) atoms. The van der Waals surface area contributed by atoms with Gasteiger partial charge in [0.05, 0.1) is 35.0 Å². The molecule has 1 N–H and O–H groups in total. The number of amides is 1. The lowest BCUT2D eigenvalue weighted by molar-refractivity contribution is -0.385. The van der Waals surface area contributed by atoms with Gasteiger partial charge in [0.2, 0.25) is 0 Å². The molecule has 2 aliphatic heterocycles. The Morgan fingerprint density at radius 1 is 1.26 bits per heavy atom. The van der Waals surface area contributed by atoms with E-state index in [1.807, 2.05) is 44.0 Å². The van der Waals surface area contributed by atoms with E-state index in [-0.39, 0.29) is 18.2 Å². The summed E-state index contributed by atoms with van der Waals surface area (Å²) < 4.78 is 6.28. The van der Waals surface area contributed by atoms with Crippen molar-refractivity contribution in [1.29, 1.82) is 0 Å². The number of carbonyl (C=O) groups is 1. The highest BCUT2D eigenvalue weighted by Crippen LogP contribution is 2.48. The zero-order chi connectivity index (χ0) is 22.5. The summed E-state index contributed by atoms with van der Waals surface area (Å²) in [5.41, 5.74) is 2.91. The molecular weight excluding hydrogens is 398 g/mol. The average Bonchev–Trinajstić information content (AvgIpc) is 3.03. The number of aliphatic hydroxyl groups excluding tert-OH is 1. The molecule has 0 spiro atoms. The molecule has 0 atom stereocenters. The Morgan fingerprint density at radius 3 is 2.61 bits per heavy atom. The third-order valence-corrected chi connectivity index (χ3v) is 5.90. The number of carbonyl (C=O) groups excluding carboxylic acids is 1. The minimum atomic E-state index is -0.829. The number of nitrogens with zero attached hydrogens (tertiary/aromatic N) is 3. The highest BCUT2D eigenvalue weighted by Gasteiger charge is 2.44.